The number of sulfone groups is 1. The zero-order valence-corrected chi connectivity index (χ0v) is 11.0. The van der Waals surface area contributed by atoms with Crippen molar-refractivity contribution in [1.82, 2.24) is 5.32 Å². The maximum Gasteiger partial charge on any atom is 0.191 e. The van der Waals surface area contributed by atoms with Crippen LogP contribution in [0.2, 0.25) is 0 Å². The van der Waals surface area contributed by atoms with Crippen LogP contribution >= 0.6 is 0 Å². The smallest absolute Gasteiger partial charge is 0.191 e. The fraction of sp³-hybridized carbons (Fsp3) is 0.455. The predicted octanol–water partition coefficient (Wildman–Crippen LogP) is 1.04. The summed E-state index contributed by atoms with van der Waals surface area (Å²) in [6.07, 6.45) is 0. The Labute approximate surface area is 102 Å². The van der Waals surface area contributed by atoms with Crippen molar-refractivity contribution in [2.45, 2.75) is 11.8 Å². The third kappa shape index (κ3) is 3.34. The molecule has 0 amide bonds. The van der Waals surface area contributed by atoms with Gasteiger partial charge in [0.05, 0.1) is 19.1 Å². The molecule has 0 heterocycles. The number of ether oxygens (including phenoxy) is 2. The molecule has 1 aromatic rings. The van der Waals surface area contributed by atoms with Gasteiger partial charge >= 0.3 is 0 Å². The first kappa shape index (κ1) is 13.8. The average molecular weight is 259 g/mol. The first-order valence-corrected chi connectivity index (χ1v) is 6.86. The Balaban J connectivity index is 3.07. The molecule has 0 radical (unpaired) electrons. The third-order valence-corrected chi connectivity index (χ3v) is 3.81. The summed E-state index contributed by atoms with van der Waals surface area (Å²) in [7, 11) is -0.351. The van der Waals surface area contributed by atoms with Gasteiger partial charge in [-0.1, -0.05) is 6.92 Å². The van der Waals surface area contributed by atoms with Crippen LogP contribution in [-0.4, -0.2) is 35.1 Å². The molecule has 0 aliphatic carbocycles. The van der Waals surface area contributed by atoms with Crippen LogP contribution in [0.5, 0.6) is 11.5 Å². The van der Waals surface area contributed by atoms with Crippen molar-refractivity contribution >= 4 is 9.84 Å². The number of hydrogen-bond donors (Lipinski definition) is 1. The Kier molecular flexibility index (Phi) is 4.77. The van der Waals surface area contributed by atoms with E-state index in [-0.39, 0.29) is 10.8 Å². The topological polar surface area (TPSA) is 64.6 Å². The third-order valence-electron chi connectivity index (χ3n) is 2.26. The molecule has 0 saturated carbocycles. The van der Waals surface area contributed by atoms with Gasteiger partial charge < -0.3 is 14.8 Å². The quantitative estimate of drug-likeness (QED) is 0.827. The van der Waals surface area contributed by atoms with E-state index in [0.29, 0.717) is 18.0 Å². The van der Waals surface area contributed by atoms with Crippen molar-refractivity contribution in [2.24, 2.45) is 0 Å². The Morgan fingerprint density at radius 3 is 2.35 bits per heavy atom. The molecule has 0 fully saturated rings. The molecule has 0 atom stereocenters. The largest absolute Gasteiger partial charge is 0.493 e. The van der Waals surface area contributed by atoms with Crippen molar-refractivity contribution in [3.8, 4) is 11.5 Å². The first-order chi connectivity index (χ1) is 8.05. The van der Waals surface area contributed by atoms with Gasteiger partial charge in [-0.05, 0) is 18.7 Å². The van der Waals surface area contributed by atoms with Gasteiger partial charge in [-0.25, -0.2) is 8.42 Å². The van der Waals surface area contributed by atoms with Gasteiger partial charge in [0.2, 0.25) is 0 Å². The molecule has 1 rings (SSSR count). The lowest BCUT2D eigenvalue weighted by molar-refractivity contribution is 0.354. The molecule has 0 saturated heterocycles. The van der Waals surface area contributed by atoms with E-state index >= 15 is 0 Å². The summed E-state index contributed by atoms with van der Waals surface area (Å²) in [6, 6.07) is 4.55. The highest BCUT2D eigenvalue weighted by atomic mass is 32.2. The minimum absolute atomic E-state index is 0.0843. The van der Waals surface area contributed by atoms with E-state index in [4.69, 9.17) is 9.47 Å². The Hall–Kier alpha value is -1.27. The zero-order valence-electron chi connectivity index (χ0n) is 10.2. The second-order valence-electron chi connectivity index (χ2n) is 3.38. The highest BCUT2D eigenvalue weighted by Gasteiger charge is 2.16. The fourth-order valence-corrected chi connectivity index (χ4v) is 2.53. The summed E-state index contributed by atoms with van der Waals surface area (Å²) in [4.78, 5) is 0.219. The van der Waals surface area contributed by atoms with Crippen LogP contribution in [0, 0.1) is 0 Å². The summed E-state index contributed by atoms with van der Waals surface area (Å²) in [6.45, 7) is 2.46. The molecule has 1 N–H and O–H groups in total. The molecule has 0 aliphatic rings. The van der Waals surface area contributed by atoms with E-state index in [1.54, 1.807) is 6.07 Å². The minimum Gasteiger partial charge on any atom is -0.493 e. The van der Waals surface area contributed by atoms with Gasteiger partial charge in [0.1, 0.15) is 5.88 Å². The molecule has 1 aromatic carbocycles. The average Bonchev–Trinajstić information content (AvgIpc) is 2.35. The molecular weight excluding hydrogens is 242 g/mol. The van der Waals surface area contributed by atoms with Crippen molar-refractivity contribution in [3.05, 3.63) is 18.2 Å². The molecule has 96 valence electrons. The second kappa shape index (κ2) is 5.88. The first-order valence-electron chi connectivity index (χ1n) is 5.20. The molecule has 17 heavy (non-hydrogen) atoms. The highest BCUT2D eigenvalue weighted by molar-refractivity contribution is 7.91. The van der Waals surface area contributed by atoms with Gasteiger partial charge in [0.15, 0.2) is 21.3 Å². The molecule has 0 bridgehead atoms. The SMILES string of the molecule is CCNCS(=O)(=O)c1ccc(OC)c(OC)c1. The summed E-state index contributed by atoms with van der Waals surface area (Å²) in [5.74, 6) is 0.832. The molecule has 0 aliphatic heterocycles. The molecule has 0 spiro atoms. The van der Waals surface area contributed by atoms with Gasteiger partial charge in [-0.3, -0.25) is 0 Å². The van der Waals surface area contributed by atoms with Crippen LogP contribution < -0.4 is 14.8 Å². The maximum absolute atomic E-state index is 11.9. The van der Waals surface area contributed by atoms with Crippen molar-refractivity contribution in [1.29, 1.82) is 0 Å². The monoisotopic (exact) mass is 259 g/mol. The normalized spacial score (nSPS) is 11.2. The molecule has 5 nitrogen and oxygen atoms in total. The molecule has 6 heteroatoms. The van der Waals surface area contributed by atoms with E-state index in [2.05, 4.69) is 5.32 Å². The number of rotatable bonds is 6. The second-order valence-corrected chi connectivity index (χ2v) is 5.37. The maximum atomic E-state index is 11.9. The predicted molar refractivity (Wildman–Crippen MR) is 65.3 cm³/mol. The Bertz CT molecular complexity index is 470. The lowest BCUT2D eigenvalue weighted by atomic mass is 10.3. The summed E-state index contributed by atoms with van der Waals surface area (Å²) in [5.41, 5.74) is 0. The standard InChI is InChI=1S/C11H17NO4S/c1-4-12-8-17(13,14)9-5-6-10(15-2)11(7-9)16-3/h5-7,12H,4,8H2,1-3H3. The number of nitrogens with one attached hydrogen (secondary N) is 1. The molecular formula is C11H17NO4S. The lowest BCUT2D eigenvalue weighted by Crippen LogP contribution is -2.22. The van der Waals surface area contributed by atoms with Gasteiger partial charge in [-0.2, -0.15) is 0 Å². The minimum atomic E-state index is -3.33. The van der Waals surface area contributed by atoms with Gasteiger partial charge in [0.25, 0.3) is 0 Å². The van der Waals surface area contributed by atoms with E-state index < -0.39 is 9.84 Å². The number of methoxy groups -OCH3 is 2. The van der Waals surface area contributed by atoms with Crippen molar-refractivity contribution in [3.63, 3.8) is 0 Å². The molecule has 0 unspecified atom stereocenters. The van der Waals surface area contributed by atoms with Gasteiger partial charge in [-0.15, -0.1) is 0 Å². The summed E-state index contributed by atoms with van der Waals surface area (Å²) < 4.78 is 33.9. The van der Waals surface area contributed by atoms with Crippen LogP contribution in [0.1, 0.15) is 6.92 Å². The van der Waals surface area contributed by atoms with Gasteiger partial charge in [0, 0.05) is 6.07 Å². The van der Waals surface area contributed by atoms with Crippen molar-refractivity contribution in [2.75, 3.05) is 26.6 Å². The van der Waals surface area contributed by atoms with E-state index in [9.17, 15) is 8.42 Å². The summed E-state index contributed by atoms with van der Waals surface area (Å²) >= 11 is 0. The van der Waals surface area contributed by atoms with Crippen LogP contribution in [-0.2, 0) is 9.84 Å². The van der Waals surface area contributed by atoms with Crippen molar-refractivity contribution < 1.29 is 17.9 Å². The van der Waals surface area contributed by atoms with Crippen LogP contribution in [0.3, 0.4) is 0 Å². The fourth-order valence-electron chi connectivity index (χ4n) is 1.33. The lowest BCUT2D eigenvalue weighted by Gasteiger charge is -2.10. The van der Waals surface area contributed by atoms with Crippen LogP contribution in [0.25, 0.3) is 0 Å². The number of hydrogen-bond acceptors (Lipinski definition) is 5. The van der Waals surface area contributed by atoms with E-state index in [1.807, 2.05) is 6.92 Å². The van der Waals surface area contributed by atoms with E-state index in [1.165, 1.54) is 26.4 Å². The Morgan fingerprint density at radius 2 is 1.82 bits per heavy atom. The van der Waals surface area contributed by atoms with Crippen LogP contribution in [0.15, 0.2) is 23.1 Å². The zero-order chi connectivity index (χ0) is 12.9. The Morgan fingerprint density at radius 1 is 1.18 bits per heavy atom. The number of benzene rings is 1. The highest BCUT2D eigenvalue weighted by Crippen LogP contribution is 2.29. The summed E-state index contributed by atoms with van der Waals surface area (Å²) in [5, 5.41) is 2.79. The van der Waals surface area contributed by atoms with Crippen LogP contribution in [0.4, 0.5) is 0 Å². The van der Waals surface area contributed by atoms with E-state index in [0.717, 1.165) is 0 Å². The molecule has 0 aromatic heterocycles.